The predicted octanol–water partition coefficient (Wildman–Crippen LogP) is 1.55. The van der Waals surface area contributed by atoms with E-state index in [0.717, 1.165) is 13.1 Å². The van der Waals surface area contributed by atoms with E-state index in [1.54, 1.807) is 0 Å². The molecule has 1 atom stereocenters. The third kappa shape index (κ3) is 3.45. The Morgan fingerprint density at radius 1 is 1.47 bits per heavy atom. The van der Waals surface area contributed by atoms with Crippen LogP contribution in [0.4, 0.5) is 5.69 Å². The maximum Gasteiger partial charge on any atom is 0.0556 e. The van der Waals surface area contributed by atoms with Crippen LogP contribution < -0.4 is 10.2 Å². The molecule has 1 unspecified atom stereocenters. The first-order valence-electron chi connectivity index (χ1n) is 6.45. The number of aliphatic hydroxyl groups is 1. The summed E-state index contributed by atoms with van der Waals surface area (Å²) in [5.74, 6) is 0. The van der Waals surface area contributed by atoms with Gasteiger partial charge in [-0.2, -0.15) is 0 Å². The van der Waals surface area contributed by atoms with Crippen LogP contribution in [0.3, 0.4) is 0 Å². The highest BCUT2D eigenvalue weighted by atomic mass is 16.3. The van der Waals surface area contributed by atoms with Gasteiger partial charge in [0, 0.05) is 31.4 Å². The molecule has 2 rings (SSSR count). The topological polar surface area (TPSA) is 35.5 Å². The van der Waals surface area contributed by atoms with Crippen LogP contribution in [-0.4, -0.2) is 37.4 Å². The van der Waals surface area contributed by atoms with Gasteiger partial charge in [0.15, 0.2) is 0 Å². The van der Waals surface area contributed by atoms with Crippen molar-refractivity contribution in [2.45, 2.75) is 25.8 Å². The number of hydrogen-bond donors (Lipinski definition) is 2. The zero-order chi connectivity index (χ0) is 12.1. The lowest BCUT2D eigenvalue weighted by atomic mass is 10.0. The first-order valence-corrected chi connectivity index (χ1v) is 6.45. The fourth-order valence-electron chi connectivity index (χ4n) is 2.47. The number of benzene rings is 1. The molecule has 94 valence electrons. The van der Waals surface area contributed by atoms with Crippen LogP contribution in [-0.2, 0) is 0 Å². The molecule has 1 heterocycles. The molecule has 0 aliphatic carbocycles. The fraction of sp³-hybridized carbons (Fsp3) is 0.571. The van der Waals surface area contributed by atoms with E-state index in [-0.39, 0.29) is 6.61 Å². The minimum absolute atomic E-state index is 0.223. The number of nitrogens with zero attached hydrogens (tertiary/aromatic N) is 1. The Morgan fingerprint density at radius 3 is 3.12 bits per heavy atom. The molecule has 1 aliphatic heterocycles. The Kier molecular flexibility index (Phi) is 4.40. The Labute approximate surface area is 103 Å². The van der Waals surface area contributed by atoms with Gasteiger partial charge in [0.25, 0.3) is 0 Å². The highest BCUT2D eigenvalue weighted by Gasteiger charge is 2.19. The Morgan fingerprint density at radius 2 is 2.35 bits per heavy atom. The number of aryl methyl sites for hydroxylation is 1. The van der Waals surface area contributed by atoms with Crippen LogP contribution >= 0.6 is 0 Å². The van der Waals surface area contributed by atoms with Crippen molar-refractivity contribution < 1.29 is 5.11 Å². The number of aliphatic hydroxyl groups excluding tert-OH is 1. The molecule has 0 bridgehead atoms. The van der Waals surface area contributed by atoms with Crippen LogP contribution in [0, 0.1) is 6.92 Å². The van der Waals surface area contributed by atoms with Crippen LogP contribution in [0.5, 0.6) is 0 Å². The van der Waals surface area contributed by atoms with Crippen molar-refractivity contribution in [3.63, 3.8) is 0 Å². The second-order valence-electron chi connectivity index (χ2n) is 4.80. The minimum Gasteiger partial charge on any atom is -0.395 e. The first-order chi connectivity index (χ1) is 8.29. The van der Waals surface area contributed by atoms with Crippen molar-refractivity contribution in [1.29, 1.82) is 0 Å². The summed E-state index contributed by atoms with van der Waals surface area (Å²) in [6.07, 6.45) is 2.43. The molecule has 1 fully saturated rings. The van der Waals surface area contributed by atoms with Gasteiger partial charge >= 0.3 is 0 Å². The monoisotopic (exact) mass is 234 g/mol. The number of hydrogen-bond acceptors (Lipinski definition) is 3. The summed E-state index contributed by atoms with van der Waals surface area (Å²) in [6.45, 7) is 5.24. The summed E-state index contributed by atoms with van der Waals surface area (Å²) in [5, 5.41) is 12.2. The maximum atomic E-state index is 8.84. The van der Waals surface area contributed by atoms with Gasteiger partial charge in [-0.05, 0) is 37.5 Å². The zero-order valence-electron chi connectivity index (χ0n) is 10.5. The van der Waals surface area contributed by atoms with Gasteiger partial charge in [-0.3, -0.25) is 0 Å². The molecule has 0 radical (unpaired) electrons. The Balaban J connectivity index is 1.97. The summed E-state index contributed by atoms with van der Waals surface area (Å²) in [5.41, 5.74) is 2.63. The van der Waals surface area contributed by atoms with Crippen molar-refractivity contribution in [3.8, 4) is 0 Å². The number of piperidine rings is 1. The third-order valence-electron chi connectivity index (χ3n) is 3.33. The second-order valence-corrected chi connectivity index (χ2v) is 4.80. The lowest BCUT2D eigenvalue weighted by Crippen LogP contribution is -2.46. The molecule has 0 spiro atoms. The lowest BCUT2D eigenvalue weighted by molar-refractivity contribution is 0.278. The standard InChI is InChI=1S/C14H22N2O/c1-12-4-2-6-14(10-12)16-8-3-5-13(11-16)15-7-9-17/h2,4,6,10,13,15,17H,3,5,7-9,11H2,1H3. The molecular weight excluding hydrogens is 212 g/mol. The van der Waals surface area contributed by atoms with Crippen molar-refractivity contribution in [3.05, 3.63) is 29.8 Å². The zero-order valence-corrected chi connectivity index (χ0v) is 10.5. The summed E-state index contributed by atoms with van der Waals surface area (Å²) in [4.78, 5) is 2.44. The highest BCUT2D eigenvalue weighted by Crippen LogP contribution is 2.20. The van der Waals surface area contributed by atoms with Gasteiger partial charge in [-0.25, -0.2) is 0 Å². The second kappa shape index (κ2) is 6.03. The lowest BCUT2D eigenvalue weighted by Gasteiger charge is -2.35. The average molecular weight is 234 g/mol. The van der Waals surface area contributed by atoms with Crippen molar-refractivity contribution in [1.82, 2.24) is 5.32 Å². The maximum absolute atomic E-state index is 8.84. The quantitative estimate of drug-likeness (QED) is 0.829. The molecule has 3 heteroatoms. The van der Waals surface area contributed by atoms with E-state index in [4.69, 9.17) is 5.11 Å². The van der Waals surface area contributed by atoms with Gasteiger partial charge in [-0.1, -0.05) is 12.1 Å². The van der Waals surface area contributed by atoms with Crippen molar-refractivity contribution >= 4 is 5.69 Å². The van der Waals surface area contributed by atoms with Gasteiger partial charge in [0.1, 0.15) is 0 Å². The van der Waals surface area contributed by atoms with E-state index in [0.29, 0.717) is 12.6 Å². The van der Waals surface area contributed by atoms with Gasteiger partial charge in [-0.15, -0.1) is 0 Å². The highest BCUT2D eigenvalue weighted by molar-refractivity contribution is 5.48. The summed E-state index contributed by atoms with van der Waals surface area (Å²) >= 11 is 0. The number of anilines is 1. The van der Waals surface area contributed by atoms with E-state index in [2.05, 4.69) is 41.4 Å². The molecule has 1 aromatic rings. The molecule has 1 saturated heterocycles. The number of rotatable bonds is 4. The molecule has 0 saturated carbocycles. The molecular formula is C14H22N2O. The number of nitrogens with one attached hydrogen (secondary N) is 1. The molecule has 1 aliphatic rings. The molecule has 17 heavy (non-hydrogen) atoms. The largest absolute Gasteiger partial charge is 0.395 e. The van der Waals surface area contributed by atoms with Crippen LogP contribution in [0.2, 0.25) is 0 Å². The van der Waals surface area contributed by atoms with E-state index in [1.165, 1.54) is 24.1 Å². The van der Waals surface area contributed by atoms with E-state index in [1.807, 2.05) is 0 Å². The summed E-state index contributed by atoms with van der Waals surface area (Å²) < 4.78 is 0. The Bertz CT molecular complexity index is 354. The molecule has 2 N–H and O–H groups in total. The van der Waals surface area contributed by atoms with Crippen LogP contribution in [0.15, 0.2) is 24.3 Å². The molecule has 1 aromatic carbocycles. The SMILES string of the molecule is Cc1cccc(N2CCCC(NCCO)C2)c1. The molecule has 3 nitrogen and oxygen atoms in total. The third-order valence-corrected chi connectivity index (χ3v) is 3.33. The fourth-order valence-corrected chi connectivity index (χ4v) is 2.47. The average Bonchev–Trinajstić information content (AvgIpc) is 2.37. The molecule has 0 amide bonds. The van der Waals surface area contributed by atoms with Gasteiger partial charge < -0.3 is 15.3 Å². The summed E-state index contributed by atoms with van der Waals surface area (Å²) in [6, 6.07) is 9.19. The molecule has 0 aromatic heterocycles. The summed E-state index contributed by atoms with van der Waals surface area (Å²) in [7, 11) is 0. The first kappa shape index (κ1) is 12.4. The normalized spacial score (nSPS) is 20.6. The predicted molar refractivity (Wildman–Crippen MR) is 71.5 cm³/mol. The van der Waals surface area contributed by atoms with Gasteiger partial charge in [0.05, 0.1) is 6.61 Å². The van der Waals surface area contributed by atoms with E-state index < -0.39 is 0 Å². The van der Waals surface area contributed by atoms with Crippen molar-refractivity contribution in [2.75, 3.05) is 31.1 Å². The van der Waals surface area contributed by atoms with Gasteiger partial charge in [0.2, 0.25) is 0 Å². The Hall–Kier alpha value is -1.06. The van der Waals surface area contributed by atoms with E-state index in [9.17, 15) is 0 Å². The van der Waals surface area contributed by atoms with Crippen LogP contribution in [0.25, 0.3) is 0 Å². The van der Waals surface area contributed by atoms with E-state index >= 15 is 0 Å². The smallest absolute Gasteiger partial charge is 0.0556 e. The van der Waals surface area contributed by atoms with Crippen LogP contribution in [0.1, 0.15) is 18.4 Å². The van der Waals surface area contributed by atoms with Crippen molar-refractivity contribution in [2.24, 2.45) is 0 Å². The minimum atomic E-state index is 0.223.